The Kier molecular flexibility index (Phi) is 5.50. The molecular formula is C23H17ClN3O3. The zero-order chi connectivity index (χ0) is 21.1. The van der Waals surface area contributed by atoms with Crippen molar-refractivity contribution in [2.75, 3.05) is 0 Å². The molecule has 4 aromatic rings. The molecule has 1 radical (unpaired) electrons. The second-order valence-corrected chi connectivity index (χ2v) is 6.95. The van der Waals surface area contributed by atoms with Crippen molar-refractivity contribution in [1.82, 2.24) is 15.0 Å². The van der Waals surface area contributed by atoms with E-state index in [0.29, 0.717) is 44.8 Å². The third-order valence-corrected chi connectivity index (χ3v) is 4.68. The van der Waals surface area contributed by atoms with Gasteiger partial charge >= 0.3 is 0 Å². The summed E-state index contributed by atoms with van der Waals surface area (Å²) in [6, 6.07) is 13.9. The molecule has 3 aromatic heterocycles. The van der Waals surface area contributed by atoms with Crippen LogP contribution in [0.25, 0.3) is 11.1 Å². The van der Waals surface area contributed by atoms with Crippen LogP contribution in [0.2, 0.25) is 5.02 Å². The van der Waals surface area contributed by atoms with Gasteiger partial charge in [-0.25, -0.2) is 4.98 Å². The SMILES string of the molecule is Cc1ncccc1Oc1cnc(C)c([O])c1-c1cccnc1Oc1ccc(Cl)cc1. The van der Waals surface area contributed by atoms with Crippen LogP contribution in [0.4, 0.5) is 0 Å². The van der Waals surface area contributed by atoms with Gasteiger partial charge in [-0.15, -0.1) is 0 Å². The molecule has 0 aliphatic rings. The first-order valence-electron chi connectivity index (χ1n) is 9.18. The highest BCUT2D eigenvalue weighted by Crippen LogP contribution is 2.45. The lowest BCUT2D eigenvalue weighted by atomic mass is 10.0. The molecule has 3 heterocycles. The number of pyridine rings is 3. The maximum Gasteiger partial charge on any atom is 0.227 e. The van der Waals surface area contributed by atoms with Crippen LogP contribution in [0.3, 0.4) is 0 Å². The van der Waals surface area contributed by atoms with Crippen LogP contribution in [0, 0.1) is 13.8 Å². The largest absolute Gasteiger partial charge is 0.453 e. The summed E-state index contributed by atoms with van der Waals surface area (Å²) in [6.45, 7) is 3.48. The molecule has 30 heavy (non-hydrogen) atoms. The van der Waals surface area contributed by atoms with Crippen molar-refractivity contribution in [1.29, 1.82) is 0 Å². The van der Waals surface area contributed by atoms with E-state index in [1.165, 1.54) is 6.20 Å². The molecule has 0 saturated heterocycles. The van der Waals surface area contributed by atoms with E-state index in [9.17, 15) is 5.11 Å². The molecule has 0 atom stereocenters. The molecule has 0 aliphatic heterocycles. The molecule has 1 aromatic carbocycles. The molecule has 0 spiro atoms. The number of hydrogen-bond acceptors (Lipinski definition) is 5. The lowest BCUT2D eigenvalue weighted by molar-refractivity contribution is 0.347. The molecule has 0 amide bonds. The minimum Gasteiger partial charge on any atom is -0.453 e. The van der Waals surface area contributed by atoms with Gasteiger partial charge in [-0.05, 0) is 62.4 Å². The van der Waals surface area contributed by atoms with E-state index < -0.39 is 0 Å². The summed E-state index contributed by atoms with van der Waals surface area (Å²) in [7, 11) is 0. The molecule has 4 rings (SSSR count). The van der Waals surface area contributed by atoms with E-state index in [1.807, 2.05) is 6.92 Å². The number of nitrogens with zero attached hydrogens (tertiary/aromatic N) is 3. The lowest BCUT2D eigenvalue weighted by Gasteiger charge is -2.16. The second-order valence-electron chi connectivity index (χ2n) is 6.51. The van der Waals surface area contributed by atoms with Gasteiger partial charge in [0.1, 0.15) is 11.5 Å². The van der Waals surface area contributed by atoms with Crippen molar-refractivity contribution in [3.63, 3.8) is 0 Å². The van der Waals surface area contributed by atoms with Crippen LogP contribution < -0.4 is 9.47 Å². The zero-order valence-electron chi connectivity index (χ0n) is 16.3. The quantitative estimate of drug-likeness (QED) is 0.368. The minimum absolute atomic E-state index is 0.261. The molecular weight excluding hydrogens is 402 g/mol. The number of rotatable bonds is 5. The fourth-order valence-electron chi connectivity index (χ4n) is 2.88. The van der Waals surface area contributed by atoms with Gasteiger partial charge in [-0.3, -0.25) is 15.1 Å². The highest BCUT2D eigenvalue weighted by Gasteiger charge is 2.22. The average Bonchev–Trinajstić information content (AvgIpc) is 2.75. The topological polar surface area (TPSA) is 77.0 Å². The van der Waals surface area contributed by atoms with Crippen LogP contribution in [0.15, 0.2) is 67.1 Å². The molecule has 149 valence electrons. The second kappa shape index (κ2) is 8.39. The van der Waals surface area contributed by atoms with E-state index in [-0.39, 0.29) is 11.6 Å². The maximum absolute atomic E-state index is 13.1. The molecule has 0 saturated carbocycles. The number of benzene rings is 1. The molecule has 0 N–H and O–H groups in total. The first-order valence-corrected chi connectivity index (χ1v) is 9.55. The summed E-state index contributed by atoms with van der Waals surface area (Å²) in [5, 5.41) is 13.7. The number of halogens is 1. The summed E-state index contributed by atoms with van der Waals surface area (Å²) in [6.07, 6.45) is 4.80. The van der Waals surface area contributed by atoms with Crippen molar-refractivity contribution in [2.24, 2.45) is 0 Å². The fraction of sp³-hybridized carbons (Fsp3) is 0.0870. The van der Waals surface area contributed by atoms with E-state index in [4.69, 9.17) is 21.1 Å². The Morgan fingerprint density at radius 3 is 2.30 bits per heavy atom. The van der Waals surface area contributed by atoms with Gasteiger partial charge in [0, 0.05) is 17.4 Å². The lowest BCUT2D eigenvalue weighted by Crippen LogP contribution is -1.97. The molecule has 0 aliphatic carbocycles. The number of aromatic nitrogens is 3. The molecule has 7 heteroatoms. The number of ether oxygens (including phenoxy) is 2. The number of aryl methyl sites for hydroxylation is 2. The first-order chi connectivity index (χ1) is 14.5. The van der Waals surface area contributed by atoms with E-state index in [2.05, 4.69) is 15.0 Å². The van der Waals surface area contributed by atoms with Gasteiger partial charge in [0.2, 0.25) is 11.6 Å². The van der Waals surface area contributed by atoms with Crippen molar-refractivity contribution in [3.8, 4) is 40.0 Å². The van der Waals surface area contributed by atoms with Gasteiger partial charge in [-0.2, -0.15) is 0 Å². The average molecular weight is 419 g/mol. The Labute approximate surface area is 178 Å². The summed E-state index contributed by atoms with van der Waals surface area (Å²) in [4.78, 5) is 12.7. The van der Waals surface area contributed by atoms with Crippen LogP contribution in [-0.2, 0) is 5.11 Å². The monoisotopic (exact) mass is 418 g/mol. The van der Waals surface area contributed by atoms with E-state index in [1.54, 1.807) is 67.8 Å². The van der Waals surface area contributed by atoms with Crippen LogP contribution in [0.1, 0.15) is 11.4 Å². The molecule has 6 nitrogen and oxygen atoms in total. The molecule has 0 fully saturated rings. The third kappa shape index (κ3) is 4.04. The van der Waals surface area contributed by atoms with Gasteiger partial charge in [0.15, 0.2) is 5.75 Å². The molecule has 0 bridgehead atoms. The van der Waals surface area contributed by atoms with Crippen molar-refractivity contribution in [3.05, 3.63) is 83.5 Å². The van der Waals surface area contributed by atoms with Crippen molar-refractivity contribution < 1.29 is 14.6 Å². The van der Waals surface area contributed by atoms with Gasteiger partial charge in [0.25, 0.3) is 0 Å². The minimum atomic E-state index is -0.261. The third-order valence-electron chi connectivity index (χ3n) is 4.42. The Morgan fingerprint density at radius 2 is 1.53 bits per heavy atom. The zero-order valence-corrected chi connectivity index (χ0v) is 17.1. The Hall–Kier alpha value is -3.64. The molecule has 0 unspecified atom stereocenters. The van der Waals surface area contributed by atoms with Gasteiger partial charge in [0.05, 0.1) is 28.7 Å². The van der Waals surface area contributed by atoms with Crippen LogP contribution in [-0.4, -0.2) is 15.0 Å². The van der Waals surface area contributed by atoms with E-state index >= 15 is 0 Å². The Balaban J connectivity index is 1.81. The summed E-state index contributed by atoms with van der Waals surface area (Å²) >= 11 is 5.95. The van der Waals surface area contributed by atoms with Crippen LogP contribution in [0.5, 0.6) is 28.9 Å². The standard InChI is InChI=1S/C23H17ClN3O3/c1-14-19(6-4-11-25-14)30-20-13-27-15(2)22(28)21(20)18-5-3-12-26-23(18)29-17-9-7-16(24)8-10-17/h3-13H,1-2H3. The first kappa shape index (κ1) is 19.7. The smallest absolute Gasteiger partial charge is 0.227 e. The van der Waals surface area contributed by atoms with Gasteiger partial charge in [-0.1, -0.05) is 11.6 Å². The van der Waals surface area contributed by atoms with E-state index in [0.717, 1.165) is 0 Å². The fourth-order valence-corrected chi connectivity index (χ4v) is 3.00. The normalized spacial score (nSPS) is 10.6. The predicted octanol–water partition coefficient (Wildman–Crippen LogP) is 6.54. The Morgan fingerprint density at radius 1 is 0.800 bits per heavy atom. The maximum atomic E-state index is 13.1. The van der Waals surface area contributed by atoms with Crippen molar-refractivity contribution >= 4 is 11.6 Å². The predicted molar refractivity (Wildman–Crippen MR) is 113 cm³/mol. The summed E-state index contributed by atoms with van der Waals surface area (Å²) in [5.41, 5.74) is 1.86. The van der Waals surface area contributed by atoms with Crippen LogP contribution >= 0.6 is 11.6 Å². The highest BCUT2D eigenvalue weighted by atomic mass is 35.5. The number of hydrogen-bond donors (Lipinski definition) is 0. The summed E-state index contributed by atoms with van der Waals surface area (Å²) < 4.78 is 12.0. The Bertz CT molecular complexity index is 1200. The van der Waals surface area contributed by atoms with Gasteiger partial charge < -0.3 is 9.47 Å². The highest BCUT2D eigenvalue weighted by molar-refractivity contribution is 6.30. The summed E-state index contributed by atoms with van der Waals surface area (Å²) in [5.74, 6) is 1.39. The van der Waals surface area contributed by atoms with Crippen molar-refractivity contribution in [2.45, 2.75) is 13.8 Å².